The number of nitro groups is 1. The van der Waals surface area contributed by atoms with Crippen molar-refractivity contribution in [2.45, 2.75) is 32.8 Å². The highest BCUT2D eigenvalue weighted by Crippen LogP contribution is 2.36. The molecule has 0 heterocycles. The third-order valence-electron chi connectivity index (χ3n) is 5.26. The van der Waals surface area contributed by atoms with E-state index in [-0.39, 0.29) is 31.1 Å². The molecule has 2 rings (SSSR count). The van der Waals surface area contributed by atoms with Crippen LogP contribution in [0.5, 0.6) is 11.5 Å². The van der Waals surface area contributed by atoms with Crippen molar-refractivity contribution in [3.8, 4) is 11.5 Å². The zero-order valence-electron chi connectivity index (χ0n) is 17.4. The van der Waals surface area contributed by atoms with Gasteiger partial charge in [0.1, 0.15) is 5.78 Å². The Balaban J connectivity index is 1.95. The van der Waals surface area contributed by atoms with Gasteiger partial charge in [-0.25, -0.2) is 0 Å². The van der Waals surface area contributed by atoms with Crippen molar-refractivity contribution >= 4 is 23.3 Å². The van der Waals surface area contributed by atoms with Crippen LogP contribution in [-0.4, -0.2) is 49.5 Å². The predicted molar refractivity (Wildman–Crippen MR) is 106 cm³/mol. The molecule has 10 heteroatoms. The zero-order valence-corrected chi connectivity index (χ0v) is 17.4. The monoisotopic (exact) mass is 422 g/mol. The lowest BCUT2D eigenvalue weighted by atomic mass is 9.88. The third-order valence-corrected chi connectivity index (χ3v) is 5.26. The second-order valence-electron chi connectivity index (χ2n) is 7.33. The Morgan fingerprint density at radius 3 is 2.53 bits per heavy atom. The lowest BCUT2D eigenvalue weighted by Gasteiger charge is -2.19. The number of hydrogen-bond acceptors (Lipinski definition) is 8. The first-order valence-electron chi connectivity index (χ1n) is 9.53. The number of methoxy groups -OCH3 is 2. The SMILES string of the molecule is COc1ccc(NC(=O)[C@H](C)OC(=O)C[C@@H]2C(=O)C[C@H](C)[C@H]2C[N+](=O)[O-])cc1OC. The Morgan fingerprint density at radius 1 is 1.27 bits per heavy atom. The van der Waals surface area contributed by atoms with E-state index in [1.54, 1.807) is 25.1 Å². The lowest BCUT2D eigenvalue weighted by molar-refractivity contribution is -0.490. The largest absolute Gasteiger partial charge is 0.493 e. The van der Waals surface area contributed by atoms with Crippen LogP contribution in [0.25, 0.3) is 0 Å². The molecule has 0 unspecified atom stereocenters. The number of Topliss-reactive ketones (excluding diaryl/α,β-unsaturated/α-hetero) is 1. The summed E-state index contributed by atoms with van der Waals surface area (Å²) in [5.41, 5.74) is 0.423. The molecule has 30 heavy (non-hydrogen) atoms. The van der Waals surface area contributed by atoms with Gasteiger partial charge in [-0.15, -0.1) is 0 Å². The van der Waals surface area contributed by atoms with Gasteiger partial charge in [0.25, 0.3) is 5.91 Å². The van der Waals surface area contributed by atoms with Gasteiger partial charge in [0.2, 0.25) is 6.54 Å². The molecule has 0 aliphatic heterocycles. The number of nitrogens with zero attached hydrogens (tertiary/aromatic N) is 1. The van der Waals surface area contributed by atoms with Crippen molar-refractivity contribution in [2.75, 3.05) is 26.1 Å². The van der Waals surface area contributed by atoms with Crippen molar-refractivity contribution < 1.29 is 33.5 Å². The molecule has 1 aliphatic carbocycles. The molecule has 1 aromatic rings. The summed E-state index contributed by atoms with van der Waals surface area (Å²) in [5, 5.41) is 13.5. The molecule has 4 atom stereocenters. The highest BCUT2D eigenvalue weighted by molar-refractivity contribution is 5.95. The third kappa shape index (κ3) is 5.68. The van der Waals surface area contributed by atoms with E-state index in [2.05, 4.69) is 5.32 Å². The second kappa shape index (κ2) is 10.0. The van der Waals surface area contributed by atoms with Crippen LogP contribution in [0.3, 0.4) is 0 Å². The molecular formula is C20H26N2O8. The fraction of sp³-hybridized carbons (Fsp3) is 0.550. The Hall–Kier alpha value is -3.17. The van der Waals surface area contributed by atoms with E-state index >= 15 is 0 Å². The minimum absolute atomic E-state index is 0.175. The first-order chi connectivity index (χ1) is 14.2. The summed E-state index contributed by atoms with van der Waals surface area (Å²) in [7, 11) is 2.95. The lowest BCUT2D eigenvalue weighted by Crippen LogP contribution is -2.32. The Labute approximate surface area is 174 Å². The first kappa shape index (κ1) is 23.1. The smallest absolute Gasteiger partial charge is 0.307 e. The number of hydrogen-bond donors (Lipinski definition) is 1. The van der Waals surface area contributed by atoms with Gasteiger partial charge >= 0.3 is 5.97 Å². The van der Waals surface area contributed by atoms with E-state index in [4.69, 9.17) is 14.2 Å². The van der Waals surface area contributed by atoms with Crippen LogP contribution in [0.4, 0.5) is 5.69 Å². The molecule has 1 aromatic carbocycles. The van der Waals surface area contributed by atoms with Crippen molar-refractivity contribution in [1.29, 1.82) is 0 Å². The van der Waals surface area contributed by atoms with Crippen LogP contribution in [0.15, 0.2) is 18.2 Å². The maximum absolute atomic E-state index is 12.3. The number of esters is 1. The summed E-state index contributed by atoms with van der Waals surface area (Å²) in [5.74, 6) is -2.04. The van der Waals surface area contributed by atoms with E-state index in [9.17, 15) is 24.5 Å². The molecule has 1 fully saturated rings. The fourth-order valence-electron chi connectivity index (χ4n) is 3.64. The van der Waals surface area contributed by atoms with Crippen molar-refractivity contribution in [3.05, 3.63) is 28.3 Å². The molecule has 0 aromatic heterocycles. The number of ether oxygens (including phenoxy) is 3. The predicted octanol–water partition coefficient (Wildman–Crippen LogP) is 2.08. The van der Waals surface area contributed by atoms with Gasteiger partial charge in [-0.3, -0.25) is 24.5 Å². The fourth-order valence-corrected chi connectivity index (χ4v) is 3.64. The zero-order chi connectivity index (χ0) is 22.4. The van der Waals surface area contributed by atoms with Crippen LogP contribution in [0, 0.1) is 27.9 Å². The minimum atomic E-state index is -1.12. The van der Waals surface area contributed by atoms with E-state index in [0.29, 0.717) is 17.2 Å². The summed E-state index contributed by atoms with van der Waals surface area (Å²) >= 11 is 0. The molecule has 164 valence electrons. The molecule has 1 aliphatic rings. The van der Waals surface area contributed by atoms with Crippen LogP contribution in [0.2, 0.25) is 0 Å². The molecule has 1 saturated carbocycles. The minimum Gasteiger partial charge on any atom is -0.493 e. The number of carbonyl (C=O) groups is 3. The van der Waals surface area contributed by atoms with Crippen LogP contribution >= 0.6 is 0 Å². The summed E-state index contributed by atoms with van der Waals surface area (Å²) in [6, 6.07) is 4.79. The normalized spacial score (nSPS) is 21.6. The van der Waals surface area contributed by atoms with Gasteiger partial charge in [-0.2, -0.15) is 0 Å². The Bertz CT molecular complexity index is 825. The van der Waals surface area contributed by atoms with Gasteiger partial charge in [0, 0.05) is 34.9 Å². The Kier molecular flexibility index (Phi) is 7.73. The number of anilines is 1. The molecule has 1 amide bonds. The molecule has 0 radical (unpaired) electrons. The Morgan fingerprint density at radius 2 is 1.93 bits per heavy atom. The molecule has 0 saturated heterocycles. The van der Waals surface area contributed by atoms with Crippen molar-refractivity contribution in [2.24, 2.45) is 17.8 Å². The molecule has 0 spiro atoms. The van der Waals surface area contributed by atoms with Gasteiger partial charge in [-0.1, -0.05) is 6.92 Å². The highest BCUT2D eigenvalue weighted by Gasteiger charge is 2.44. The van der Waals surface area contributed by atoms with Crippen molar-refractivity contribution in [1.82, 2.24) is 0 Å². The van der Waals surface area contributed by atoms with Crippen LogP contribution in [0.1, 0.15) is 26.7 Å². The van der Waals surface area contributed by atoms with E-state index in [1.807, 2.05) is 0 Å². The van der Waals surface area contributed by atoms with Crippen LogP contribution < -0.4 is 14.8 Å². The van der Waals surface area contributed by atoms with Gasteiger partial charge < -0.3 is 19.5 Å². The van der Waals surface area contributed by atoms with E-state index in [1.165, 1.54) is 21.1 Å². The summed E-state index contributed by atoms with van der Waals surface area (Å²) in [6.45, 7) is 2.79. The number of benzene rings is 1. The quantitative estimate of drug-likeness (QED) is 0.363. The second-order valence-corrected chi connectivity index (χ2v) is 7.33. The number of nitrogens with one attached hydrogen (secondary N) is 1. The van der Waals surface area contributed by atoms with Gasteiger partial charge in [-0.05, 0) is 25.0 Å². The summed E-state index contributed by atoms with van der Waals surface area (Å²) < 4.78 is 15.5. The maximum Gasteiger partial charge on any atom is 0.307 e. The molecular weight excluding hydrogens is 396 g/mol. The average molecular weight is 422 g/mol. The average Bonchev–Trinajstić information content (AvgIpc) is 2.94. The number of rotatable bonds is 9. The first-order valence-corrected chi connectivity index (χ1v) is 9.53. The standard InChI is InChI=1S/C20H26N2O8/c1-11-7-16(23)14(15(11)10-22(26)27)9-19(24)30-12(2)20(25)21-13-5-6-17(28-3)18(8-13)29-4/h5-6,8,11-12,14-15H,7,9-10H2,1-4H3,(H,21,25)/t11-,12-,14-,15+/m0/s1. The highest BCUT2D eigenvalue weighted by atomic mass is 16.6. The molecule has 0 bridgehead atoms. The molecule has 1 N–H and O–H groups in total. The van der Waals surface area contributed by atoms with Crippen molar-refractivity contribution in [3.63, 3.8) is 0 Å². The number of amides is 1. The van der Waals surface area contributed by atoms with Gasteiger partial charge in [0.05, 0.1) is 20.6 Å². The topological polar surface area (TPSA) is 134 Å². The van der Waals surface area contributed by atoms with E-state index in [0.717, 1.165) is 0 Å². The van der Waals surface area contributed by atoms with Crippen LogP contribution in [-0.2, 0) is 19.1 Å². The summed E-state index contributed by atoms with van der Waals surface area (Å²) in [6.07, 6.45) is -1.20. The van der Waals surface area contributed by atoms with Gasteiger partial charge in [0.15, 0.2) is 17.6 Å². The maximum atomic E-state index is 12.3. The number of ketones is 1. The molecule has 10 nitrogen and oxygen atoms in total. The summed E-state index contributed by atoms with van der Waals surface area (Å²) in [4.78, 5) is 47.2. The number of carbonyl (C=O) groups excluding carboxylic acids is 3. The van der Waals surface area contributed by atoms with E-state index < -0.39 is 34.7 Å².